The second kappa shape index (κ2) is 8.59. The molecule has 0 bridgehead atoms. The van der Waals surface area contributed by atoms with Crippen molar-refractivity contribution in [2.45, 2.75) is 26.7 Å². The highest BCUT2D eigenvalue weighted by atomic mass is 35.5. The lowest BCUT2D eigenvalue weighted by molar-refractivity contribution is -0.128. The Morgan fingerprint density at radius 2 is 2.05 bits per heavy atom. The molecule has 1 N–H and O–H groups in total. The van der Waals surface area contributed by atoms with E-state index >= 15 is 0 Å². The quantitative estimate of drug-likeness (QED) is 0.841. The maximum absolute atomic E-state index is 11.9. The van der Waals surface area contributed by atoms with Crippen molar-refractivity contribution in [2.75, 3.05) is 19.6 Å². The smallest absolute Gasteiger partial charge is 0.251 e. The van der Waals surface area contributed by atoms with Gasteiger partial charge in [-0.3, -0.25) is 9.59 Å². The molecule has 0 saturated carbocycles. The van der Waals surface area contributed by atoms with Crippen molar-refractivity contribution in [1.29, 1.82) is 0 Å². The minimum Gasteiger partial charge on any atom is -0.350 e. The van der Waals surface area contributed by atoms with Crippen molar-refractivity contribution >= 4 is 23.4 Å². The zero-order chi connectivity index (χ0) is 15.0. The van der Waals surface area contributed by atoms with Crippen molar-refractivity contribution in [1.82, 2.24) is 10.2 Å². The van der Waals surface area contributed by atoms with Gasteiger partial charge in [-0.2, -0.15) is 0 Å². The number of amides is 2. The molecule has 0 spiro atoms. The van der Waals surface area contributed by atoms with E-state index in [0.29, 0.717) is 23.7 Å². The van der Waals surface area contributed by atoms with Gasteiger partial charge in [0.05, 0.1) is 0 Å². The summed E-state index contributed by atoms with van der Waals surface area (Å²) in [5, 5.41) is 3.33. The average Bonchev–Trinajstić information content (AvgIpc) is 2.42. The van der Waals surface area contributed by atoms with Crippen LogP contribution in [-0.2, 0) is 4.79 Å². The number of halogens is 1. The maximum Gasteiger partial charge on any atom is 0.251 e. The summed E-state index contributed by atoms with van der Waals surface area (Å²) in [5.41, 5.74) is 0.528. The number of benzene rings is 1. The summed E-state index contributed by atoms with van der Waals surface area (Å²) in [6, 6.07) is 6.79. The van der Waals surface area contributed by atoms with Crippen LogP contribution in [0.4, 0.5) is 0 Å². The molecule has 5 heteroatoms. The molecule has 0 heterocycles. The van der Waals surface area contributed by atoms with Gasteiger partial charge in [-0.25, -0.2) is 0 Å². The standard InChI is InChI=1S/C15H21ClN2O2/c1-3-4-9-18(12(2)19)10-8-17-15(20)13-6-5-7-14(16)11-13/h5-7,11H,3-4,8-10H2,1-2H3,(H,17,20). The molecule has 0 aliphatic carbocycles. The molecule has 1 aromatic carbocycles. The fourth-order valence-electron chi connectivity index (χ4n) is 1.81. The van der Waals surface area contributed by atoms with Crippen LogP contribution < -0.4 is 5.32 Å². The summed E-state index contributed by atoms with van der Waals surface area (Å²) in [4.78, 5) is 25.1. The Balaban J connectivity index is 2.42. The van der Waals surface area contributed by atoms with E-state index in [-0.39, 0.29) is 11.8 Å². The monoisotopic (exact) mass is 296 g/mol. The molecule has 0 unspecified atom stereocenters. The van der Waals surface area contributed by atoms with Crippen LogP contribution in [0.5, 0.6) is 0 Å². The van der Waals surface area contributed by atoms with Crippen LogP contribution in [0.25, 0.3) is 0 Å². The molecule has 0 atom stereocenters. The number of nitrogens with zero attached hydrogens (tertiary/aromatic N) is 1. The maximum atomic E-state index is 11.9. The van der Waals surface area contributed by atoms with Crippen molar-refractivity contribution in [3.8, 4) is 0 Å². The second-order valence-electron chi connectivity index (χ2n) is 4.63. The first-order valence-electron chi connectivity index (χ1n) is 6.84. The molecule has 0 fully saturated rings. The summed E-state index contributed by atoms with van der Waals surface area (Å²) in [5.74, 6) is -0.137. The van der Waals surface area contributed by atoms with Crippen LogP contribution in [-0.4, -0.2) is 36.3 Å². The van der Waals surface area contributed by atoms with E-state index in [1.54, 1.807) is 36.1 Å². The van der Waals surface area contributed by atoms with E-state index in [9.17, 15) is 9.59 Å². The summed E-state index contributed by atoms with van der Waals surface area (Å²) in [7, 11) is 0. The molecule has 0 aromatic heterocycles. The average molecular weight is 297 g/mol. The molecule has 1 rings (SSSR count). The number of carbonyl (C=O) groups excluding carboxylic acids is 2. The molecule has 20 heavy (non-hydrogen) atoms. The van der Waals surface area contributed by atoms with Crippen LogP contribution in [0.3, 0.4) is 0 Å². The summed E-state index contributed by atoms with van der Waals surface area (Å²) in [6.07, 6.45) is 2.01. The Hall–Kier alpha value is -1.55. The van der Waals surface area contributed by atoms with Gasteiger partial charge in [0, 0.05) is 37.1 Å². The second-order valence-corrected chi connectivity index (χ2v) is 5.06. The van der Waals surface area contributed by atoms with Gasteiger partial charge in [0.1, 0.15) is 0 Å². The molecule has 0 aliphatic heterocycles. The molecule has 1 aromatic rings. The van der Waals surface area contributed by atoms with E-state index in [4.69, 9.17) is 11.6 Å². The van der Waals surface area contributed by atoms with E-state index < -0.39 is 0 Å². The highest BCUT2D eigenvalue weighted by Gasteiger charge is 2.09. The molecule has 2 amide bonds. The number of nitrogens with one attached hydrogen (secondary N) is 1. The Bertz CT molecular complexity index is 463. The number of unbranched alkanes of at least 4 members (excludes halogenated alkanes) is 1. The third kappa shape index (κ3) is 5.61. The van der Waals surface area contributed by atoms with E-state index in [2.05, 4.69) is 12.2 Å². The summed E-state index contributed by atoms with van der Waals surface area (Å²) in [6.45, 7) is 5.34. The van der Waals surface area contributed by atoms with Crippen LogP contribution in [0.2, 0.25) is 5.02 Å². The van der Waals surface area contributed by atoms with E-state index in [1.165, 1.54) is 0 Å². The molecular weight excluding hydrogens is 276 g/mol. The van der Waals surface area contributed by atoms with Crippen molar-refractivity contribution in [3.05, 3.63) is 34.9 Å². The van der Waals surface area contributed by atoms with Gasteiger partial charge in [-0.1, -0.05) is 31.0 Å². The zero-order valence-electron chi connectivity index (χ0n) is 12.0. The molecular formula is C15H21ClN2O2. The molecule has 110 valence electrons. The van der Waals surface area contributed by atoms with Crippen LogP contribution in [0, 0.1) is 0 Å². The fourth-order valence-corrected chi connectivity index (χ4v) is 2.00. The SMILES string of the molecule is CCCCN(CCNC(=O)c1cccc(Cl)c1)C(C)=O. The fraction of sp³-hybridized carbons (Fsp3) is 0.467. The minimum atomic E-state index is -0.175. The molecule has 0 radical (unpaired) electrons. The number of hydrogen-bond acceptors (Lipinski definition) is 2. The first kappa shape index (κ1) is 16.5. The molecule has 0 saturated heterocycles. The van der Waals surface area contributed by atoms with Crippen LogP contribution in [0.1, 0.15) is 37.0 Å². The van der Waals surface area contributed by atoms with Crippen molar-refractivity contribution in [2.24, 2.45) is 0 Å². The van der Waals surface area contributed by atoms with Crippen LogP contribution >= 0.6 is 11.6 Å². The lowest BCUT2D eigenvalue weighted by Crippen LogP contribution is -2.38. The topological polar surface area (TPSA) is 49.4 Å². The minimum absolute atomic E-state index is 0.0375. The van der Waals surface area contributed by atoms with Gasteiger partial charge in [-0.05, 0) is 24.6 Å². The number of hydrogen-bond donors (Lipinski definition) is 1. The predicted molar refractivity (Wildman–Crippen MR) is 80.9 cm³/mol. The number of rotatable bonds is 7. The first-order valence-corrected chi connectivity index (χ1v) is 7.21. The number of carbonyl (C=O) groups is 2. The summed E-state index contributed by atoms with van der Waals surface area (Å²) >= 11 is 5.84. The Morgan fingerprint density at radius 3 is 2.65 bits per heavy atom. The van der Waals surface area contributed by atoms with Crippen molar-refractivity contribution in [3.63, 3.8) is 0 Å². The molecule has 0 aliphatic rings. The van der Waals surface area contributed by atoms with Gasteiger partial charge < -0.3 is 10.2 Å². The Morgan fingerprint density at radius 1 is 1.30 bits per heavy atom. The van der Waals surface area contributed by atoms with Gasteiger partial charge in [0.2, 0.25) is 5.91 Å². The first-order chi connectivity index (χ1) is 9.54. The highest BCUT2D eigenvalue weighted by Crippen LogP contribution is 2.10. The Labute approximate surface area is 125 Å². The lowest BCUT2D eigenvalue weighted by Gasteiger charge is -2.20. The molecule has 4 nitrogen and oxygen atoms in total. The third-order valence-electron chi connectivity index (χ3n) is 2.98. The predicted octanol–water partition coefficient (Wildman–Crippen LogP) is 2.72. The van der Waals surface area contributed by atoms with Crippen LogP contribution in [0.15, 0.2) is 24.3 Å². The summed E-state index contributed by atoms with van der Waals surface area (Å²) < 4.78 is 0. The van der Waals surface area contributed by atoms with Crippen molar-refractivity contribution < 1.29 is 9.59 Å². The highest BCUT2D eigenvalue weighted by molar-refractivity contribution is 6.30. The van der Waals surface area contributed by atoms with Gasteiger partial charge in [0.15, 0.2) is 0 Å². The van der Waals surface area contributed by atoms with Gasteiger partial charge in [-0.15, -0.1) is 0 Å². The largest absolute Gasteiger partial charge is 0.350 e. The van der Waals surface area contributed by atoms with Gasteiger partial charge in [0.25, 0.3) is 5.91 Å². The van der Waals surface area contributed by atoms with Gasteiger partial charge >= 0.3 is 0 Å². The zero-order valence-corrected chi connectivity index (χ0v) is 12.7. The normalized spacial score (nSPS) is 10.2. The lowest BCUT2D eigenvalue weighted by atomic mass is 10.2. The van der Waals surface area contributed by atoms with E-state index in [1.807, 2.05) is 0 Å². The Kier molecular flexibility index (Phi) is 7.09. The third-order valence-corrected chi connectivity index (χ3v) is 3.22. The van der Waals surface area contributed by atoms with E-state index in [0.717, 1.165) is 19.4 Å².